The van der Waals surface area contributed by atoms with Gasteiger partial charge >= 0.3 is 0 Å². The van der Waals surface area contributed by atoms with Crippen molar-refractivity contribution in [2.24, 2.45) is 0 Å². The minimum Gasteiger partial charge on any atom is -0.234 e. The van der Waals surface area contributed by atoms with Crippen LogP contribution in [0.5, 0.6) is 0 Å². The van der Waals surface area contributed by atoms with Gasteiger partial charge in [-0.15, -0.1) is 11.3 Å². The lowest BCUT2D eigenvalue weighted by molar-refractivity contribution is 0.569. The van der Waals surface area contributed by atoms with Crippen LogP contribution in [-0.4, -0.2) is 11.2 Å². The van der Waals surface area contributed by atoms with E-state index in [1.165, 1.54) is 5.69 Å². The molecular formula is C8H13NS2. The van der Waals surface area contributed by atoms with Gasteiger partial charge in [-0.25, -0.2) is 4.98 Å². The Bertz CT molecular complexity index is 234. The molecule has 3 heteroatoms. The Morgan fingerprint density at radius 3 is 2.36 bits per heavy atom. The summed E-state index contributed by atoms with van der Waals surface area (Å²) in [6, 6.07) is 0. The molecule has 0 saturated heterocycles. The SMILES string of the molecule is CSc1nc(C(C)(C)C)cs1. The minimum absolute atomic E-state index is 0.199. The summed E-state index contributed by atoms with van der Waals surface area (Å²) in [4.78, 5) is 4.48. The third-order valence-electron chi connectivity index (χ3n) is 1.43. The normalized spacial score (nSPS) is 12.0. The van der Waals surface area contributed by atoms with E-state index in [1.807, 2.05) is 0 Å². The molecule has 0 bridgehead atoms. The van der Waals surface area contributed by atoms with Gasteiger partial charge in [-0.1, -0.05) is 32.5 Å². The Morgan fingerprint density at radius 2 is 2.09 bits per heavy atom. The van der Waals surface area contributed by atoms with Gasteiger partial charge in [0.15, 0.2) is 0 Å². The number of thiazole rings is 1. The van der Waals surface area contributed by atoms with Gasteiger partial charge in [-0.2, -0.15) is 0 Å². The molecule has 0 saturated carbocycles. The number of rotatable bonds is 1. The maximum Gasteiger partial charge on any atom is 0.149 e. The average molecular weight is 187 g/mol. The monoisotopic (exact) mass is 187 g/mol. The van der Waals surface area contributed by atoms with E-state index in [0.29, 0.717) is 0 Å². The summed E-state index contributed by atoms with van der Waals surface area (Å²) in [5.74, 6) is 0. The van der Waals surface area contributed by atoms with E-state index in [4.69, 9.17) is 0 Å². The summed E-state index contributed by atoms with van der Waals surface area (Å²) < 4.78 is 1.16. The molecule has 0 N–H and O–H groups in total. The highest BCUT2D eigenvalue weighted by atomic mass is 32.2. The lowest BCUT2D eigenvalue weighted by Gasteiger charge is -2.13. The van der Waals surface area contributed by atoms with E-state index in [2.05, 4.69) is 37.4 Å². The van der Waals surface area contributed by atoms with E-state index in [0.717, 1.165) is 4.34 Å². The highest BCUT2D eigenvalue weighted by Crippen LogP contribution is 2.27. The molecule has 0 aromatic carbocycles. The van der Waals surface area contributed by atoms with Crippen molar-refractivity contribution >= 4 is 23.1 Å². The number of aromatic nitrogens is 1. The molecule has 1 aromatic heterocycles. The van der Waals surface area contributed by atoms with Crippen LogP contribution >= 0.6 is 23.1 Å². The number of thioether (sulfide) groups is 1. The molecule has 1 nitrogen and oxygen atoms in total. The third kappa shape index (κ3) is 2.20. The maximum absolute atomic E-state index is 4.48. The molecule has 0 fully saturated rings. The van der Waals surface area contributed by atoms with E-state index >= 15 is 0 Å². The van der Waals surface area contributed by atoms with Crippen LogP contribution in [0.1, 0.15) is 26.5 Å². The Morgan fingerprint density at radius 1 is 1.45 bits per heavy atom. The van der Waals surface area contributed by atoms with Crippen LogP contribution in [0, 0.1) is 0 Å². The lowest BCUT2D eigenvalue weighted by atomic mass is 9.93. The number of nitrogens with zero attached hydrogens (tertiary/aromatic N) is 1. The highest BCUT2D eigenvalue weighted by molar-refractivity contribution is 8.00. The van der Waals surface area contributed by atoms with Crippen molar-refractivity contribution in [2.75, 3.05) is 6.26 Å². The van der Waals surface area contributed by atoms with Crippen LogP contribution in [0.2, 0.25) is 0 Å². The van der Waals surface area contributed by atoms with Crippen molar-refractivity contribution in [1.29, 1.82) is 0 Å². The molecule has 62 valence electrons. The molecule has 11 heavy (non-hydrogen) atoms. The zero-order chi connectivity index (χ0) is 8.48. The molecule has 0 atom stereocenters. The summed E-state index contributed by atoms with van der Waals surface area (Å²) >= 11 is 3.44. The van der Waals surface area contributed by atoms with Crippen LogP contribution in [0.15, 0.2) is 9.72 Å². The number of hydrogen-bond donors (Lipinski definition) is 0. The molecule has 0 aliphatic rings. The molecule has 0 aliphatic heterocycles. The Labute approximate surface area is 76.2 Å². The highest BCUT2D eigenvalue weighted by Gasteiger charge is 2.16. The van der Waals surface area contributed by atoms with Gasteiger partial charge in [0.05, 0.1) is 5.69 Å². The lowest BCUT2D eigenvalue weighted by Crippen LogP contribution is -2.11. The first kappa shape index (κ1) is 9.07. The standard InChI is InChI=1S/C8H13NS2/c1-8(2,3)6-5-11-7(9-6)10-4/h5H,1-4H3. The fraction of sp³-hybridized carbons (Fsp3) is 0.625. The quantitative estimate of drug-likeness (QED) is 0.626. The molecule has 1 heterocycles. The van der Waals surface area contributed by atoms with Gasteiger partial charge in [0, 0.05) is 10.8 Å². The van der Waals surface area contributed by atoms with Crippen molar-refractivity contribution in [3.63, 3.8) is 0 Å². The van der Waals surface area contributed by atoms with Gasteiger partial charge in [-0.05, 0) is 6.26 Å². The van der Waals surface area contributed by atoms with Gasteiger partial charge in [0.1, 0.15) is 4.34 Å². The zero-order valence-corrected chi connectivity index (χ0v) is 8.97. The fourth-order valence-corrected chi connectivity index (χ4v) is 2.18. The summed E-state index contributed by atoms with van der Waals surface area (Å²) in [7, 11) is 0. The molecule has 0 spiro atoms. The van der Waals surface area contributed by atoms with Crippen LogP contribution in [0.4, 0.5) is 0 Å². The Balaban J connectivity index is 2.89. The van der Waals surface area contributed by atoms with Crippen LogP contribution in [0.3, 0.4) is 0 Å². The van der Waals surface area contributed by atoms with Gasteiger partial charge < -0.3 is 0 Å². The second kappa shape index (κ2) is 3.15. The van der Waals surface area contributed by atoms with Crippen LogP contribution in [0.25, 0.3) is 0 Å². The fourth-order valence-electron chi connectivity index (χ4n) is 0.696. The van der Waals surface area contributed by atoms with Crippen molar-refractivity contribution in [3.8, 4) is 0 Å². The van der Waals surface area contributed by atoms with E-state index in [9.17, 15) is 0 Å². The molecule has 0 amide bonds. The molecule has 0 aliphatic carbocycles. The topological polar surface area (TPSA) is 12.9 Å². The second-order valence-corrected chi connectivity index (χ2v) is 5.36. The van der Waals surface area contributed by atoms with E-state index in [1.54, 1.807) is 23.1 Å². The van der Waals surface area contributed by atoms with Gasteiger partial charge in [-0.3, -0.25) is 0 Å². The summed E-state index contributed by atoms with van der Waals surface area (Å²) in [5.41, 5.74) is 1.40. The van der Waals surface area contributed by atoms with Crippen LogP contribution in [-0.2, 0) is 5.41 Å². The first-order chi connectivity index (χ1) is 5.04. The molecule has 0 unspecified atom stereocenters. The van der Waals surface area contributed by atoms with Crippen molar-refractivity contribution in [3.05, 3.63) is 11.1 Å². The maximum atomic E-state index is 4.48. The second-order valence-electron chi connectivity index (χ2n) is 3.45. The van der Waals surface area contributed by atoms with E-state index < -0.39 is 0 Å². The molecular weight excluding hydrogens is 174 g/mol. The van der Waals surface area contributed by atoms with Crippen molar-refractivity contribution in [1.82, 2.24) is 4.98 Å². The smallest absolute Gasteiger partial charge is 0.149 e. The first-order valence-electron chi connectivity index (χ1n) is 3.54. The zero-order valence-electron chi connectivity index (χ0n) is 7.34. The molecule has 1 rings (SSSR count). The summed E-state index contributed by atoms with van der Waals surface area (Å²) in [6.07, 6.45) is 2.06. The van der Waals surface area contributed by atoms with Gasteiger partial charge in [0.25, 0.3) is 0 Å². The Kier molecular flexibility index (Phi) is 2.60. The van der Waals surface area contributed by atoms with Crippen molar-refractivity contribution in [2.45, 2.75) is 30.5 Å². The first-order valence-corrected chi connectivity index (χ1v) is 5.64. The molecule has 0 radical (unpaired) electrons. The predicted molar refractivity (Wildman–Crippen MR) is 52.6 cm³/mol. The summed E-state index contributed by atoms with van der Waals surface area (Å²) in [6.45, 7) is 6.56. The van der Waals surface area contributed by atoms with Gasteiger partial charge in [0.2, 0.25) is 0 Å². The van der Waals surface area contributed by atoms with Crippen LogP contribution < -0.4 is 0 Å². The Hall–Kier alpha value is -0.0200. The predicted octanol–water partition coefficient (Wildman–Crippen LogP) is 3.16. The van der Waals surface area contributed by atoms with Crippen molar-refractivity contribution < 1.29 is 0 Å². The number of hydrogen-bond acceptors (Lipinski definition) is 3. The summed E-state index contributed by atoms with van der Waals surface area (Å²) in [5, 5.41) is 2.14. The van der Waals surface area contributed by atoms with E-state index in [-0.39, 0.29) is 5.41 Å². The average Bonchev–Trinajstić information content (AvgIpc) is 2.32. The molecule has 1 aromatic rings. The largest absolute Gasteiger partial charge is 0.234 e. The minimum atomic E-state index is 0.199. The third-order valence-corrected chi connectivity index (χ3v) is 3.29.